The number of carbonyl (C=O) groups is 2. The third kappa shape index (κ3) is 3.43. The van der Waals surface area contributed by atoms with Crippen molar-refractivity contribution in [2.24, 2.45) is 0 Å². The van der Waals surface area contributed by atoms with Gasteiger partial charge in [-0.2, -0.15) is 0 Å². The summed E-state index contributed by atoms with van der Waals surface area (Å²) in [6, 6.07) is 0.135. The highest BCUT2D eigenvalue weighted by Gasteiger charge is 2.43. The fourth-order valence-electron chi connectivity index (χ4n) is 3.37. The molecule has 0 radical (unpaired) electrons. The first-order valence-corrected chi connectivity index (χ1v) is 8.73. The largest absolute Gasteiger partial charge is 0.466 e. The van der Waals surface area contributed by atoms with Crippen molar-refractivity contribution in [3.05, 3.63) is 34.6 Å². The molecule has 0 spiro atoms. The molecule has 1 heterocycles. The third-order valence-corrected chi connectivity index (χ3v) is 4.64. The lowest BCUT2D eigenvalue weighted by Crippen LogP contribution is -2.40. The van der Waals surface area contributed by atoms with E-state index in [1.54, 1.807) is 4.90 Å². The van der Waals surface area contributed by atoms with Gasteiger partial charge in [0.05, 0.1) is 25.5 Å². The van der Waals surface area contributed by atoms with E-state index in [4.69, 9.17) is 9.47 Å². The van der Waals surface area contributed by atoms with Crippen molar-refractivity contribution < 1.29 is 19.1 Å². The molecule has 1 atom stereocenters. The average Bonchev–Trinajstić information content (AvgIpc) is 3.10. The molecular weight excluding hydrogens is 320 g/mol. The topological polar surface area (TPSA) is 59.1 Å². The van der Waals surface area contributed by atoms with Crippen LogP contribution in [0, 0.1) is 0 Å². The van der Waals surface area contributed by atoms with Crippen LogP contribution >= 0.6 is 0 Å². The van der Waals surface area contributed by atoms with Gasteiger partial charge in [0.25, 0.3) is 0 Å². The first kappa shape index (κ1) is 17.6. The number of hydrogen-bond acceptors (Lipinski definition) is 5. The van der Waals surface area contributed by atoms with E-state index in [9.17, 15) is 9.59 Å². The Kier molecular flexibility index (Phi) is 4.39. The third-order valence-electron chi connectivity index (χ3n) is 4.64. The normalized spacial score (nSPS) is 22.4. The zero-order valence-corrected chi connectivity index (χ0v) is 15.6. The summed E-state index contributed by atoms with van der Waals surface area (Å²) in [4.78, 5) is 28.2. The number of ether oxygens (including phenoxy) is 2. The van der Waals surface area contributed by atoms with E-state index in [1.165, 1.54) is 12.7 Å². The number of carbonyl (C=O) groups excluding carboxylic acids is 2. The highest BCUT2D eigenvalue weighted by Crippen LogP contribution is 2.47. The Morgan fingerprint density at radius 1 is 1.32 bits per heavy atom. The summed E-state index contributed by atoms with van der Waals surface area (Å²) in [6.45, 7) is 9.02. The van der Waals surface area contributed by atoms with Crippen LogP contribution in [0.1, 0.15) is 40.5 Å². The molecule has 1 saturated heterocycles. The Morgan fingerprint density at radius 3 is 2.64 bits per heavy atom. The van der Waals surface area contributed by atoms with Crippen LogP contribution in [0.3, 0.4) is 0 Å². The Bertz CT molecular complexity index is 697. The van der Waals surface area contributed by atoms with Crippen LogP contribution in [0.15, 0.2) is 34.6 Å². The summed E-state index contributed by atoms with van der Waals surface area (Å²) in [5.74, 6) is -0.280. The highest BCUT2D eigenvalue weighted by molar-refractivity contribution is 5.92. The summed E-state index contributed by atoms with van der Waals surface area (Å²) < 4.78 is 10.3. The molecule has 3 rings (SSSR count). The van der Waals surface area contributed by atoms with Gasteiger partial charge in [-0.1, -0.05) is 13.0 Å². The van der Waals surface area contributed by atoms with Gasteiger partial charge in [0.15, 0.2) is 0 Å². The number of esters is 1. The molecule has 0 aromatic carbocycles. The lowest BCUT2D eigenvalue weighted by Gasteiger charge is -2.27. The van der Waals surface area contributed by atoms with Crippen LogP contribution in [0.2, 0.25) is 0 Å². The molecule has 2 aliphatic carbocycles. The van der Waals surface area contributed by atoms with E-state index >= 15 is 0 Å². The van der Waals surface area contributed by atoms with E-state index in [-0.39, 0.29) is 18.1 Å². The summed E-state index contributed by atoms with van der Waals surface area (Å²) in [5, 5.41) is 0. The quantitative estimate of drug-likeness (QED) is 0.735. The van der Waals surface area contributed by atoms with E-state index in [2.05, 4.69) is 17.9 Å². The van der Waals surface area contributed by atoms with Crippen LogP contribution in [-0.4, -0.2) is 53.8 Å². The second kappa shape index (κ2) is 6.24. The number of nitrogens with zero attached hydrogens (tertiary/aromatic N) is 2. The van der Waals surface area contributed by atoms with Crippen molar-refractivity contribution in [2.75, 3.05) is 20.3 Å². The molecule has 25 heavy (non-hydrogen) atoms. The number of amides is 1. The van der Waals surface area contributed by atoms with Crippen LogP contribution in [0.5, 0.6) is 0 Å². The van der Waals surface area contributed by atoms with Crippen molar-refractivity contribution in [1.29, 1.82) is 0 Å². The second-order valence-corrected chi connectivity index (χ2v) is 7.62. The zero-order chi connectivity index (χ0) is 18.4. The molecule has 6 heteroatoms. The standard InChI is InChI=1S/C19H26N2O4/c1-6-13-10-20(11-21(13)18(23)25-19(2,3)4)16-14-8-7-12(9-15(14)16)17(22)24-5/h8-9,13H,6-7,10-11H2,1-5H3/t13-/m0/s1. The van der Waals surface area contributed by atoms with Crippen molar-refractivity contribution in [3.63, 3.8) is 0 Å². The SMILES string of the molecule is CC[C@H]1CN(C2=C3C=C(C(=O)OC)CC=C32)CN1C(=O)OC(C)(C)C. The molecule has 0 saturated carbocycles. The van der Waals surface area contributed by atoms with E-state index < -0.39 is 5.60 Å². The first-order valence-electron chi connectivity index (χ1n) is 8.73. The predicted molar refractivity (Wildman–Crippen MR) is 93.6 cm³/mol. The molecular formula is C19H26N2O4. The number of hydrogen-bond donors (Lipinski definition) is 0. The van der Waals surface area contributed by atoms with Gasteiger partial charge < -0.3 is 14.4 Å². The van der Waals surface area contributed by atoms with Gasteiger partial charge in [0.2, 0.25) is 0 Å². The number of fused-ring (bicyclic) bond motifs is 1. The number of allylic oxidation sites excluding steroid dienone is 4. The molecule has 0 unspecified atom stereocenters. The molecule has 3 aliphatic rings. The smallest absolute Gasteiger partial charge is 0.412 e. The average molecular weight is 346 g/mol. The molecule has 0 bridgehead atoms. The van der Waals surface area contributed by atoms with Gasteiger partial charge in [0, 0.05) is 23.3 Å². The molecule has 1 fully saturated rings. The van der Waals surface area contributed by atoms with E-state index in [0.29, 0.717) is 18.7 Å². The Balaban J connectivity index is 1.74. The van der Waals surface area contributed by atoms with Gasteiger partial charge in [-0.25, -0.2) is 9.59 Å². The molecule has 136 valence electrons. The minimum absolute atomic E-state index is 0.135. The van der Waals surface area contributed by atoms with E-state index in [1.807, 2.05) is 26.8 Å². The molecule has 6 nitrogen and oxygen atoms in total. The van der Waals surface area contributed by atoms with E-state index in [0.717, 1.165) is 24.2 Å². The minimum Gasteiger partial charge on any atom is -0.466 e. The van der Waals surface area contributed by atoms with Crippen molar-refractivity contribution in [3.8, 4) is 0 Å². The first-order chi connectivity index (χ1) is 11.7. The lowest BCUT2D eigenvalue weighted by molar-refractivity contribution is -0.136. The van der Waals surface area contributed by atoms with Crippen LogP contribution in [-0.2, 0) is 14.3 Å². The number of rotatable bonds is 3. The zero-order valence-electron chi connectivity index (χ0n) is 15.6. The maximum Gasteiger partial charge on any atom is 0.412 e. The molecule has 0 N–H and O–H groups in total. The van der Waals surface area contributed by atoms with Gasteiger partial charge in [0.1, 0.15) is 5.60 Å². The summed E-state index contributed by atoms with van der Waals surface area (Å²) >= 11 is 0. The van der Waals surface area contributed by atoms with Crippen LogP contribution < -0.4 is 0 Å². The molecule has 0 aromatic heterocycles. The van der Waals surface area contributed by atoms with Gasteiger partial charge in [-0.15, -0.1) is 0 Å². The van der Waals surface area contributed by atoms with Gasteiger partial charge in [-0.05, 0) is 39.7 Å². The fraction of sp³-hybridized carbons (Fsp3) is 0.579. The highest BCUT2D eigenvalue weighted by atomic mass is 16.6. The summed E-state index contributed by atoms with van der Waals surface area (Å²) in [5.41, 5.74) is 3.59. The Hall–Kier alpha value is -2.24. The Morgan fingerprint density at radius 2 is 2.04 bits per heavy atom. The monoisotopic (exact) mass is 346 g/mol. The summed E-state index contributed by atoms with van der Waals surface area (Å²) in [6.07, 6.45) is 5.17. The maximum atomic E-state index is 12.5. The van der Waals surface area contributed by atoms with Crippen LogP contribution in [0.25, 0.3) is 0 Å². The molecule has 1 aliphatic heterocycles. The molecule has 0 aromatic rings. The van der Waals surface area contributed by atoms with Crippen LogP contribution in [0.4, 0.5) is 4.79 Å². The predicted octanol–water partition coefficient (Wildman–Crippen LogP) is 2.97. The van der Waals surface area contributed by atoms with Gasteiger partial charge in [-0.3, -0.25) is 4.90 Å². The van der Waals surface area contributed by atoms with Crippen molar-refractivity contribution in [1.82, 2.24) is 9.80 Å². The summed E-state index contributed by atoms with van der Waals surface area (Å²) in [7, 11) is 1.40. The maximum absolute atomic E-state index is 12.5. The number of methoxy groups -OCH3 is 1. The van der Waals surface area contributed by atoms with Crippen molar-refractivity contribution >= 4 is 12.1 Å². The van der Waals surface area contributed by atoms with Crippen molar-refractivity contribution in [2.45, 2.75) is 52.2 Å². The minimum atomic E-state index is -0.501. The lowest BCUT2D eigenvalue weighted by atomic mass is 10.1. The second-order valence-electron chi connectivity index (χ2n) is 7.62. The van der Waals surface area contributed by atoms with Gasteiger partial charge >= 0.3 is 12.1 Å². The molecule has 1 amide bonds. The fourth-order valence-corrected chi connectivity index (χ4v) is 3.37. The Labute approximate surface area is 148 Å².